The number of unbranched alkanes of at least 4 members (excludes halogenated alkanes) is 2. The van der Waals surface area contributed by atoms with Gasteiger partial charge >= 0.3 is 12.1 Å². The highest BCUT2D eigenvalue weighted by atomic mass is 16.6. The second-order valence-corrected chi connectivity index (χ2v) is 29.5. The minimum absolute atomic E-state index is 0.0273. The Kier molecular flexibility index (Phi) is 37.3. The van der Waals surface area contributed by atoms with Crippen LogP contribution in [0.4, 0.5) is 15.3 Å². The summed E-state index contributed by atoms with van der Waals surface area (Å²) in [7, 11) is 6.49. The second-order valence-electron chi connectivity index (χ2n) is 29.5. The quantitative estimate of drug-likeness (QED) is 0.0305. The number of benzene rings is 2. The molecule has 1 fully saturated rings. The molecule has 4 rings (SSSR count). The fourth-order valence-corrected chi connectivity index (χ4v) is 13.3. The second kappa shape index (κ2) is 43.2. The fraction of sp³-hybridized carbons (Fsp3) is 0.662. The van der Waals surface area contributed by atoms with Crippen LogP contribution >= 0.6 is 0 Å². The maximum absolute atomic E-state index is 14.0. The van der Waals surface area contributed by atoms with Gasteiger partial charge in [-0.2, -0.15) is 0 Å². The van der Waals surface area contributed by atoms with Gasteiger partial charge in [0.05, 0.1) is 48.3 Å². The van der Waals surface area contributed by atoms with Crippen LogP contribution < -0.4 is 27.0 Å². The lowest BCUT2D eigenvalue weighted by Gasteiger charge is -2.39. The van der Waals surface area contributed by atoms with Crippen LogP contribution in [0, 0.1) is 46.8 Å². The van der Waals surface area contributed by atoms with E-state index in [4.69, 9.17) is 19.9 Å². The average Bonchev–Trinajstić information content (AvgIpc) is 1.81. The van der Waals surface area contributed by atoms with Crippen molar-refractivity contribution in [2.45, 2.75) is 236 Å². The summed E-state index contributed by atoms with van der Waals surface area (Å²) in [6, 6.07) is 13.0. The van der Waals surface area contributed by atoms with Crippen LogP contribution in [0.25, 0.3) is 0 Å². The number of amides is 10. The summed E-state index contributed by atoms with van der Waals surface area (Å²) in [6.07, 6.45) is 7.06. The summed E-state index contributed by atoms with van der Waals surface area (Å²) in [5.74, 6) is -4.74. The number of carbonyl (C=O) groups is 12. The summed E-state index contributed by atoms with van der Waals surface area (Å²) in [5, 5.41) is 11.2. The van der Waals surface area contributed by atoms with E-state index in [9.17, 15) is 57.5 Å². The van der Waals surface area contributed by atoms with Crippen molar-refractivity contribution in [1.82, 2.24) is 35.6 Å². The maximum atomic E-state index is 14.0. The zero-order valence-corrected chi connectivity index (χ0v) is 63.7. The van der Waals surface area contributed by atoms with Gasteiger partial charge in [-0.1, -0.05) is 145 Å². The van der Waals surface area contributed by atoms with Gasteiger partial charge in [-0.3, -0.25) is 52.8 Å². The van der Waals surface area contributed by atoms with Crippen molar-refractivity contribution in [3.63, 3.8) is 0 Å². The lowest BCUT2D eigenvalue weighted by Crippen LogP contribution is -2.52. The Labute approximate surface area is 600 Å². The van der Waals surface area contributed by atoms with Gasteiger partial charge in [0.15, 0.2) is 17.3 Å². The third-order valence-corrected chi connectivity index (χ3v) is 19.2. The highest BCUT2D eigenvalue weighted by Gasteiger charge is 2.42. The Morgan fingerprint density at radius 3 is 1.88 bits per heavy atom. The minimum Gasteiger partial charge on any atom is -0.445 e. The number of hydrogen-bond acceptors (Lipinski definition) is 15. The third kappa shape index (κ3) is 28.5. The number of imide groups is 1. The standard InChI is InChI=1S/C51H81N7O11.C26H40N2O4/c1-13-34(8)47(35(9)68-12)56(10)49(65)39(31(2)3)29-41(60)46(33(6)7)57(11)51(67)69-30-36-20-22-38(23-21-36)54-48(64)37(18-17-26-53-50(52)66)28-40(59)45(32(4)5)55-42(61)19-15-14-16-27-58-43(62)24-25-44(58)63;1-7-23(30)28-15-11-14-21(28)24(32-6)18(2)25(31)27-20(22(29)17-26(3,4)5)16-19-12-9-8-10-13-19/h20-25,31-35,37,39,45-47H,13-19,26-30H2,1-12H3,(H,54,64)(H,55,61)(H3,52,53,66);8-10,12-13,18,20-21,24H,7,11,14-17H2,1-6H3,(H,27,31)/t34-,35+,37+,39-,45-,46-,47-;18-,20+,21+,24-/m01/s1. The molecule has 24 heteroatoms. The van der Waals surface area contributed by atoms with Crippen molar-refractivity contribution >= 4 is 76.5 Å². The first kappa shape index (κ1) is 87.4. The van der Waals surface area contributed by atoms with Crippen molar-refractivity contribution in [2.24, 2.45) is 52.6 Å². The number of Topliss-reactive ketones (excluding diaryl/α,β-unsaturated/α-hetero) is 3. The number of nitrogens with one attached hydrogen (secondary N) is 4. The number of carbonyl (C=O) groups excluding carboxylic acids is 12. The van der Waals surface area contributed by atoms with E-state index >= 15 is 0 Å². The number of ether oxygens (including phenoxy) is 3. The van der Waals surface area contributed by atoms with E-state index in [1.54, 1.807) is 64.3 Å². The van der Waals surface area contributed by atoms with E-state index in [1.807, 2.05) is 104 Å². The lowest BCUT2D eigenvalue weighted by molar-refractivity contribution is -0.145. The molecule has 2 aliphatic heterocycles. The Morgan fingerprint density at radius 1 is 0.703 bits per heavy atom. The molecule has 0 bridgehead atoms. The van der Waals surface area contributed by atoms with Gasteiger partial charge < -0.3 is 55.9 Å². The number of nitrogens with zero attached hydrogens (tertiary/aromatic N) is 4. The topological polar surface area (TPSA) is 320 Å². The Morgan fingerprint density at radius 2 is 1.34 bits per heavy atom. The number of likely N-dealkylation sites (tertiary alicyclic amines) is 1. The van der Waals surface area contributed by atoms with Gasteiger partial charge in [-0.25, -0.2) is 9.59 Å². The van der Waals surface area contributed by atoms with E-state index in [-0.39, 0.29) is 145 Å². The van der Waals surface area contributed by atoms with Crippen LogP contribution in [0.3, 0.4) is 0 Å². The number of nitrogens with two attached hydrogens (primary N) is 1. The average molecular weight is 1410 g/mol. The number of urea groups is 1. The van der Waals surface area contributed by atoms with Crippen molar-refractivity contribution in [3.05, 3.63) is 77.9 Å². The minimum atomic E-state index is -0.858. The molecular formula is C77H121N9O15. The fourth-order valence-electron chi connectivity index (χ4n) is 13.3. The summed E-state index contributed by atoms with van der Waals surface area (Å²) in [6.45, 7) is 28.0. The van der Waals surface area contributed by atoms with Crippen LogP contribution in [0.2, 0.25) is 0 Å². The lowest BCUT2D eigenvalue weighted by atomic mass is 9.84. The first-order valence-corrected chi connectivity index (χ1v) is 36.2. The number of rotatable bonds is 41. The van der Waals surface area contributed by atoms with Gasteiger partial charge in [0, 0.05) is 110 Å². The molecule has 0 aliphatic carbocycles. The summed E-state index contributed by atoms with van der Waals surface area (Å²) >= 11 is 0. The first-order chi connectivity index (χ1) is 47.5. The molecule has 10 amide bonds. The number of anilines is 1. The highest BCUT2D eigenvalue weighted by Crippen LogP contribution is 2.30. The zero-order valence-electron chi connectivity index (χ0n) is 63.7. The molecular weight excluding hydrogens is 1290 g/mol. The highest BCUT2D eigenvalue weighted by molar-refractivity contribution is 6.12. The van der Waals surface area contributed by atoms with Crippen molar-refractivity contribution in [2.75, 3.05) is 53.3 Å². The van der Waals surface area contributed by atoms with Crippen LogP contribution in [0.5, 0.6) is 0 Å². The molecule has 0 saturated carbocycles. The van der Waals surface area contributed by atoms with Gasteiger partial charge in [0.1, 0.15) is 6.61 Å². The molecule has 11 atom stereocenters. The molecule has 2 heterocycles. The predicted molar refractivity (Wildman–Crippen MR) is 389 cm³/mol. The molecule has 0 spiro atoms. The number of hydrogen-bond donors (Lipinski definition) is 5. The largest absolute Gasteiger partial charge is 0.445 e. The Hall–Kier alpha value is -7.86. The number of ketones is 3. The molecule has 0 aromatic heterocycles. The molecule has 2 aromatic carbocycles. The summed E-state index contributed by atoms with van der Waals surface area (Å²) in [5.41, 5.74) is 7.08. The zero-order chi connectivity index (χ0) is 76.0. The molecule has 0 unspecified atom stereocenters. The van der Waals surface area contributed by atoms with Gasteiger partial charge in [-0.05, 0) is 104 Å². The van der Waals surface area contributed by atoms with Crippen molar-refractivity contribution in [3.8, 4) is 0 Å². The van der Waals surface area contributed by atoms with Crippen LogP contribution in [-0.4, -0.2) is 181 Å². The van der Waals surface area contributed by atoms with Crippen molar-refractivity contribution in [1.29, 1.82) is 0 Å². The van der Waals surface area contributed by atoms with E-state index in [1.165, 1.54) is 24.1 Å². The first-order valence-electron chi connectivity index (χ1n) is 36.2. The summed E-state index contributed by atoms with van der Waals surface area (Å²) < 4.78 is 17.0. The van der Waals surface area contributed by atoms with Crippen LogP contribution in [-0.2, 0) is 75.2 Å². The normalized spacial score (nSPS) is 16.7. The van der Waals surface area contributed by atoms with E-state index < -0.39 is 60.0 Å². The molecule has 0 radical (unpaired) electrons. The number of likely N-dealkylation sites (N-methyl/N-ethyl adjacent to an activating group) is 2. The third-order valence-electron chi connectivity index (χ3n) is 19.2. The van der Waals surface area contributed by atoms with Gasteiger partial charge in [-0.15, -0.1) is 0 Å². The molecule has 1 saturated heterocycles. The van der Waals surface area contributed by atoms with Crippen molar-refractivity contribution < 1.29 is 71.7 Å². The molecule has 101 heavy (non-hydrogen) atoms. The molecule has 564 valence electrons. The van der Waals surface area contributed by atoms with Gasteiger partial charge in [0.25, 0.3) is 11.8 Å². The summed E-state index contributed by atoms with van der Waals surface area (Å²) in [4.78, 5) is 161. The number of methoxy groups -OCH3 is 2. The van der Waals surface area contributed by atoms with E-state index in [2.05, 4.69) is 35.1 Å². The SMILES string of the molecule is CCC(=O)N1CCC[C@H]1[C@H](OC)[C@@H](C)C(=O)N[C@@H](Cc1ccccc1)C(=O)CC(C)(C)C.CC[C@H](C)[C@@H]([C@@H](C)OC)N(C)C(=O)[C@@H](CC(=O)[C@H](C(C)C)N(C)C(=O)OCc1ccc(NC(=O)[C@H](CCCNC(N)=O)CC(=O)[C@@H](NC(=O)CCCCCN2C(=O)C=CC2=O)C(C)C)cc1)C(C)C. The van der Waals surface area contributed by atoms with E-state index in [0.29, 0.717) is 62.7 Å². The van der Waals surface area contributed by atoms with Gasteiger partial charge in [0.2, 0.25) is 29.5 Å². The van der Waals surface area contributed by atoms with Crippen LogP contribution in [0.1, 0.15) is 192 Å². The smallest absolute Gasteiger partial charge is 0.410 e. The Bertz CT molecular complexity index is 3050. The van der Waals surface area contributed by atoms with E-state index in [0.717, 1.165) is 29.7 Å². The predicted octanol–water partition coefficient (Wildman–Crippen LogP) is 9.78. The molecule has 24 nitrogen and oxygen atoms in total. The van der Waals surface area contributed by atoms with Crippen LogP contribution in [0.15, 0.2) is 66.7 Å². The molecule has 2 aromatic rings. The number of primary amides is 1. The monoisotopic (exact) mass is 1410 g/mol. The maximum Gasteiger partial charge on any atom is 0.410 e. The molecule has 2 aliphatic rings. The molecule has 6 N–H and O–H groups in total. The Balaban J connectivity index is 0.000000686.